The zero-order valence-corrected chi connectivity index (χ0v) is 15.5. The highest BCUT2D eigenvalue weighted by molar-refractivity contribution is 7.86. The second kappa shape index (κ2) is 9.00. The minimum atomic E-state index is -3.63. The molecule has 1 saturated carbocycles. The summed E-state index contributed by atoms with van der Waals surface area (Å²) in [6.07, 6.45) is 0.571. The first-order valence-corrected chi connectivity index (χ1v) is 10.0. The van der Waals surface area contributed by atoms with Gasteiger partial charge in [-0.1, -0.05) is 30.3 Å². The van der Waals surface area contributed by atoms with Crippen molar-refractivity contribution in [1.29, 1.82) is 0 Å². The molecule has 8 nitrogen and oxygen atoms in total. The van der Waals surface area contributed by atoms with Crippen molar-refractivity contribution in [2.75, 3.05) is 13.4 Å². The molecule has 1 amide bonds. The highest BCUT2D eigenvalue weighted by atomic mass is 32.2. The Kier molecular flexibility index (Phi) is 6.98. The second-order valence-electron chi connectivity index (χ2n) is 6.18. The lowest BCUT2D eigenvalue weighted by Gasteiger charge is -2.34. The molecule has 0 saturated heterocycles. The summed E-state index contributed by atoms with van der Waals surface area (Å²) in [4.78, 5) is 24.0. The van der Waals surface area contributed by atoms with Crippen LogP contribution < -0.4 is 5.32 Å². The van der Waals surface area contributed by atoms with Gasteiger partial charge in [0.05, 0.1) is 25.4 Å². The molecular formula is C17H23NO7S. The maximum atomic E-state index is 12.1. The number of alkyl carbamates (subject to hydrolysis) is 1. The molecule has 0 radical (unpaired) electrons. The second-order valence-corrected chi connectivity index (χ2v) is 7.78. The minimum absolute atomic E-state index is 0.0888. The number of benzene rings is 1. The summed E-state index contributed by atoms with van der Waals surface area (Å²) in [6.45, 7) is 0.0888. The van der Waals surface area contributed by atoms with Crippen molar-refractivity contribution in [1.82, 2.24) is 5.32 Å². The average Bonchev–Trinajstić information content (AvgIpc) is 2.59. The van der Waals surface area contributed by atoms with Crippen molar-refractivity contribution >= 4 is 22.2 Å². The van der Waals surface area contributed by atoms with Crippen LogP contribution in [-0.4, -0.2) is 46.0 Å². The molecule has 0 spiro atoms. The Morgan fingerprint density at radius 2 is 1.88 bits per heavy atom. The lowest BCUT2D eigenvalue weighted by molar-refractivity contribution is -0.148. The van der Waals surface area contributed by atoms with E-state index in [1.807, 2.05) is 30.3 Å². The summed E-state index contributed by atoms with van der Waals surface area (Å²) in [5.41, 5.74) is 0.828. The molecule has 1 aromatic carbocycles. The van der Waals surface area contributed by atoms with E-state index in [9.17, 15) is 18.0 Å². The Balaban J connectivity index is 1.97. The third-order valence-corrected chi connectivity index (χ3v) is 4.75. The maximum absolute atomic E-state index is 12.1. The first-order valence-electron chi connectivity index (χ1n) is 8.22. The summed E-state index contributed by atoms with van der Waals surface area (Å²) in [5, 5.41) is 2.63. The Labute approximate surface area is 152 Å². The van der Waals surface area contributed by atoms with Crippen LogP contribution in [0.25, 0.3) is 0 Å². The molecule has 1 aromatic rings. The van der Waals surface area contributed by atoms with Crippen LogP contribution in [0.15, 0.2) is 30.3 Å². The number of esters is 1. The zero-order chi connectivity index (χ0) is 19.2. The van der Waals surface area contributed by atoms with Crippen LogP contribution in [0.2, 0.25) is 0 Å². The number of nitrogens with one attached hydrogen (secondary N) is 1. The van der Waals surface area contributed by atoms with Gasteiger partial charge in [0.25, 0.3) is 10.1 Å². The first kappa shape index (κ1) is 20.2. The molecule has 1 aliphatic carbocycles. The van der Waals surface area contributed by atoms with Crippen LogP contribution >= 0.6 is 0 Å². The van der Waals surface area contributed by atoms with Gasteiger partial charge in [0.2, 0.25) is 0 Å². The number of amides is 1. The van der Waals surface area contributed by atoms with Crippen molar-refractivity contribution < 1.29 is 31.7 Å². The van der Waals surface area contributed by atoms with E-state index in [4.69, 9.17) is 13.7 Å². The van der Waals surface area contributed by atoms with Crippen molar-refractivity contribution in [3.05, 3.63) is 35.9 Å². The average molecular weight is 385 g/mol. The molecule has 9 heteroatoms. The largest absolute Gasteiger partial charge is 0.469 e. The summed E-state index contributed by atoms with van der Waals surface area (Å²) in [6, 6.07) is 8.53. The van der Waals surface area contributed by atoms with E-state index < -0.39 is 40.2 Å². The predicted molar refractivity (Wildman–Crippen MR) is 92.6 cm³/mol. The van der Waals surface area contributed by atoms with Gasteiger partial charge in [0.15, 0.2) is 0 Å². The highest BCUT2D eigenvalue weighted by Crippen LogP contribution is 2.28. The molecule has 1 fully saturated rings. The van der Waals surface area contributed by atoms with E-state index in [1.54, 1.807) is 0 Å². The van der Waals surface area contributed by atoms with Crippen molar-refractivity contribution in [3.63, 3.8) is 0 Å². The molecule has 1 aliphatic rings. The van der Waals surface area contributed by atoms with E-state index in [0.717, 1.165) is 11.8 Å². The van der Waals surface area contributed by atoms with Gasteiger partial charge in [-0.25, -0.2) is 4.79 Å². The van der Waals surface area contributed by atoms with Gasteiger partial charge in [0.1, 0.15) is 6.61 Å². The van der Waals surface area contributed by atoms with Crippen LogP contribution in [0.4, 0.5) is 4.79 Å². The number of methoxy groups -OCH3 is 1. The van der Waals surface area contributed by atoms with Gasteiger partial charge in [-0.05, 0) is 24.8 Å². The third-order valence-electron chi connectivity index (χ3n) is 4.13. The maximum Gasteiger partial charge on any atom is 0.407 e. The molecule has 0 unspecified atom stereocenters. The highest BCUT2D eigenvalue weighted by Gasteiger charge is 2.38. The Morgan fingerprint density at radius 1 is 1.19 bits per heavy atom. The van der Waals surface area contributed by atoms with E-state index in [-0.39, 0.29) is 13.0 Å². The van der Waals surface area contributed by atoms with Gasteiger partial charge in [0, 0.05) is 6.04 Å². The van der Waals surface area contributed by atoms with Crippen LogP contribution in [0, 0.1) is 5.92 Å². The fraction of sp³-hybridized carbons (Fsp3) is 0.529. The Morgan fingerprint density at radius 3 is 2.50 bits per heavy atom. The van der Waals surface area contributed by atoms with Crippen LogP contribution in [0.5, 0.6) is 0 Å². The fourth-order valence-electron chi connectivity index (χ4n) is 2.98. The van der Waals surface area contributed by atoms with E-state index in [2.05, 4.69) is 5.32 Å². The lowest BCUT2D eigenvalue weighted by Crippen LogP contribution is -2.49. The molecule has 0 heterocycles. The summed E-state index contributed by atoms with van der Waals surface area (Å²) < 4.78 is 37.6. The van der Waals surface area contributed by atoms with Gasteiger partial charge in [-0.15, -0.1) is 0 Å². The standard InChI is InChI=1S/C17H23NO7S/c1-23-16(19)14-9-8-13(25-26(2,21)22)10-15(14)18-17(20)24-11-12-6-4-3-5-7-12/h3-7,13-15H,8-11H2,1-2H3,(H,18,20)/t13-,14+,15-/m1/s1. The lowest BCUT2D eigenvalue weighted by atomic mass is 9.83. The van der Waals surface area contributed by atoms with E-state index in [0.29, 0.717) is 12.8 Å². The SMILES string of the molecule is COC(=O)[C@H]1CC[C@@H](OS(C)(=O)=O)C[C@H]1NC(=O)OCc1ccccc1. The van der Waals surface area contributed by atoms with Gasteiger partial charge < -0.3 is 14.8 Å². The Hall–Kier alpha value is -2.13. The quantitative estimate of drug-likeness (QED) is 0.585. The van der Waals surface area contributed by atoms with Crippen molar-refractivity contribution in [2.24, 2.45) is 5.92 Å². The number of carbonyl (C=O) groups is 2. The molecule has 3 atom stereocenters. The number of hydrogen-bond acceptors (Lipinski definition) is 7. The van der Waals surface area contributed by atoms with E-state index in [1.165, 1.54) is 7.11 Å². The van der Waals surface area contributed by atoms with Gasteiger partial charge >= 0.3 is 12.1 Å². The zero-order valence-electron chi connectivity index (χ0n) is 14.7. The third kappa shape index (κ3) is 6.30. The minimum Gasteiger partial charge on any atom is -0.469 e. The molecule has 1 N–H and O–H groups in total. The Bertz CT molecular complexity index is 720. The fourth-order valence-corrected chi connectivity index (χ4v) is 3.64. The number of ether oxygens (including phenoxy) is 2. The van der Waals surface area contributed by atoms with Crippen molar-refractivity contribution in [2.45, 2.75) is 38.0 Å². The molecule has 0 aromatic heterocycles. The molecular weight excluding hydrogens is 362 g/mol. The molecule has 0 bridgehead atoms. The monoisotopic (exact) mass is 385 g/mol. The number of rotatable bonds is 6. The normalized spacial score (nSPS) is 23.1. The summed E-state index contributed by atoms with van der Waals surface area (Å²) in [5.74, 6) is -1.04. The van der Waals surface area contributed by atoms with Crippen molar-refractivity contribution in [3.8, 4) is 0 Å². The molecule has 144 valence electrons. The summed E-state index contributed by atoms with van der Waals surface area (Å²) >= 11 is 0. The van der Waals surface area contributed by atoms with Crippen LogP contribution in [0.1, 0.15) is 24.8 Å². The predicted octanol–water partition coefficient (Wildman–Crippen LogP) is 1.60. The van der Waals surface area contributed by atoms with Crippen LogP contribution in [-0.2, 0) is 35.2 Å². The first-order chi connectivity index (χ1) is 12.3. The van der Waals surface area contributed by atoms with E-state index >= 15 is 0 Å². The van der Waals surface area contributed by atoms with Crippen LogP contribution in [0.3, 0.4) is 0 Å². The van der Waals surface area contributed by atoms with Gasteiger partial charge in [-0.3, -0.25) is 8.98 Å². The van der Waals surface area contributed by atoms with Gasteiger partial charge in [-0.2, -0.15) is 8.42 Å². The topological polar surface area (TPSA) is 108 Å². The molecule has 0 aliphatic heterocycles. The summed E-state index contributed by atoms with van der Waals surface area (Å²) in [7, 11) is -2.36. The molecule has 26 heavy (non-hydrogen) atoms. The number of hydrogen-bond donors (Lipinski definition) is 1. The smallest absolute Gasteiger partial charge is 0.407 e. The molecule has 2 rings (SSSR count). The number of carbonyl (C=O) groups excluding carboxylic acids is 2.